The van der Waals surface area contributed by atoms with Crippen LogP contribution in [0, 0.1) is 17.8 Å². The van der Waals surface area contributed by atoms with Gasteiger partial charge in [-0.3, -0.25) is 4.79 Å². The van der Waals surface area contributed by atoms with E-state index in [0.29, 0.717) is 18.3 Å². The minimum atomic E-state index is -0.837. The summed E-state index contributed by atoms with van der Waals surface area (Å²) in [6.45, 7) is 0.875. The van der Waals surface area contributed by atoms with Crippen LogP contribution in [0.5, 0.6) is 0 Å². The number of carboxylic acids is 1. The lowest BCUT2D eigenvalue weighted by molar-refractivity contribution is -0.138. The van der Waals surface area contributed by atoms with Gasteiger partial charge in [0, 0.05) is 12.5 Å². The molecule has 2 bridgehead atoms. The molecule has 5 atom stereocenters. The summed E-state index contributed by atoms with van der Waals surface area (Å²) < 4.78 is 0. The molecule has 4 nitrogen and oxygen atoms in total. The third-order valence-electron chi connectivity index (χ3n) is 7.29. The Balaban J connectivity index is 1.64. The first-order valence-corrected chi connectivity index (χ1v) is 11.1. The van der Waals surface area contributed by atoms with Crippen molar-refractivity contribution < 1.29 is 15.0 Å². The van der Waals surface area contributed by atoms with E-state index in [1.54, 1.807) is 0 Å². The van der Waals surface area contributed by atoms with Crippen LogP contribution in [0.4, 0.5) is 0 Å². The highest BCUT2D eigenvalue weighted by molar-refractivity contribution is 5.76. The molecule has 2 fully saturated rings. The van der Waals surface area contributed by atoms with E-state index < -0.39 is 17.5 Å². The molecule has 2 N–H and O–H groups in total. The Morgan fingerprint density at radius 1 is 1.13 bits per heavy atom. The molecule has 4 heteroatoms. The van der Waals surface area contributed by atoms with Gasteiger partial charge in [0.25, 0.3) is 0 Å². The summed E-state index contributed by atoms with van der Waals surface area (Å²) in [6, 6.07) is 17.5. The molecule has 0 heterocycles. The Hall–Kier alpha value is -2.17. The van der Waals surface area contributed by atoms with Crippen molar-refractivity contribution in [3.8, 4) is 0 Å². The Labute approximate surface area is 179 Å². The second-order valence-corrected chi connectivity index (χ2v) is 9.64. The average Bonchev–Trinajstić information content (AvgIpc) is 3.13. The van der Waals surface area contributed by atoms with E-state index in [9.17, 15) is 15.0 Å². The van der Waals surface area contributed by atoms with E-state index in [1.807, 2.05) is 48.5 Å². The minimum Gasteiger partial charge on any atom is -0.481 e. The van der Waals surface area contributed by atoms with Crippen LogP contribution in [-0.4, -0.2) is 41.7 Å². The lowest BCUT2D eigenvalue weighted by Gasteiger charge is -2.45. The molecule has 1 unspecified atom stereocenters. The fourth-order valence-corrected chi connectivity index (χ4v) is 5.91. The first-order chi connectivity index (χ1) is 14.4. The van der Waals surface area contributed by atoms with Crippen molar-refractivity contribution >= 4 is 5.97 Å². The number of hydrogen-bond donors (Lipinski definition) is 2. The van der Waals surface area contributed by atoms with Gasteiger partial charge in [-0.1, -0.05) is 61.0 Å². The Morgan fingerprint density at radius 3 is 2.60 bits per heavy atom. The normalized spacial score (nSPS) is 29.1. The molecule has 2 aliphatic carbocycles. The predicted molar refractivity (Wildman–Crippen MR) is 118 cm³/mol. The van der Waals surface area contributed by atoms with Crippen LogP contribution in [0.3, 0.4) is 0 Å². The molecule has 0 radical (unpaired) electrons. The second kappa shape index (κ2) is 8.52. The zero-order valence-corrected chi connectivity index (χ0v) is 18.0. The van der Waals surface area contributed by atoms with Crippen LogP contribution >= 0.6 is 0 Å². The summed E-state index contributed by atoms with van der Waals surface area (Å²) >= 11 is 0. The molecule has 0 aromatic heterocycles. The van der Waals surface area contributed by atoms with Gasteiger partial charge in [0.15, 0.2) is 0 Å². The van der Waals surface area contributed by atoms with E-state index in [-0.39, 0.29) is 5.92 Å². The lowest BCUT2D eigenvalue weighted by atomic mass is 9.65. The van der Waals surface area contributed by atoms with E-state index in [4.69, 9.17) is 0 Å². The van der Waals surface area contributed by atoms with Crippen LogP contribution in [0.1, 0.15) is 48.3 Å². The number of nitrogens with zero attached hydrogens (tertiary/aromatic N) is 1. The molecule has 0 amide bonds. The Kier molecular flexibility index (Phi) is 5.99. The summed E-state index contributed by atoms with van der Waals surface area (Å²) in [5.41, 5.74) is 1.91. The standard InChI is InChI=1S/C26H33NO3/c1-27(2)17-24-21-12-11-19(13-21)16-26(24,30)22-10-6-7-18(14-22)15-23(25(28)29)20-8-4-3-5-9-20/h3-10,14,19,21,23-24,30H,11-13,15-17H2,1-2H3,(H,28,29)/t19-,21+,23?,24+,26+/m1/s1. The highest BCUT2D eigenvalue weighted by Crippen LogP contribution is 2.54. The maximum atomic E-state index is 12.0. The number of aliphatic carboxylic acids is 1. The molecule has 2 aromatic carbocycles. The SMILES string of the molecule is CN(C)C[C@H]1[C@H]2CC[C@H](C2)C[C@]1(O)c1cccc(CC(C(=O)O)c2ccccc2)c1. The number of benzene rings is 2. The molecular formula is C26H33NO3. The average molecular weight is 408 g/mol. The maximum Gasteiger partial charge on any atom is 0.311 e. The lowest BCUT2D eigenvalue weighted by Crippen LogP contribution is -2.47. The first kappa shape index (κ1) is 21.1. The van der Waals surface area contributed by atoms with Crippen molar-refractivity contribution in [3.05, 3.63) is 71.3 Å². The quantitative estimate of drug-likeness (QED) is 0.719. The van der Waals surface area contributed by atoms with Crippen LogP contribution < -0.4 is 0 Å². The molecule has 2 aromatic rings. The van der Waals surface area contributed by atoms with Crippen LogP contribution in [0.25, 0.3) is 0 Å². The summed E-state index contributed by atoms with van der Waals surface area (Å²) in [5, 5.41) is 21.8. The molecule has 2 saturated carbocycles. The Morgan fingerprint density at radius 2 is 1.90 bits per heavy atom. The number of carbonyl (C=O) groups is 1. The topological polar surface area (TPSA) is 60.8 Å². The number of hydrogen-bond acceptors (Lipinski definition) is 3. The minimum absolute atomic E-state index is 0.214. The summed E-state index contributed by atoms with van der Waals surface area (Å²) in [6.07, 6.45) is 4.89. The number of aliphatic hydroxyl groups is 1. The van der Waals surface area contributed by atoms with Crippen molar-refractivity contribution in [2.45, 2.75) is 43.6 Å². The van der Waals surface area contributed by atoms with E-state index >= 15 is 0 Å². The smallest absolute Gasteiger partial charge is 0.311 e. The van der Waals surface area contributed by atoms with Gasteiger partial charge < -0.3 is 15.1 Å². The molecular weight excluding hydrogens is 374 g/mol. The zero-order chi connectivity index (χ0) is 21.3. The van der Waals surface area contributed by atoms with Gasteiger partial charge in [-0.25, -0.2) is 0 Å². The number of carboxylic acid groups (broad SMARTS) is 1. The summed E-state index contributed by atoms with van der Waals surface area (Å²) in [5.74, 6) is -0.0253. The van der Waals surface area contributed by atoms with Crippen LogP contribution in [-0.2, 0) is 16.8 Å². The molecule has 2 aliphatic rings. The highest BCUT2D eigenvalue weighted by Gasteiger charge is 2.51. The highest BCUT2D eigenvalue weighted by atomic mass is 16.4. The van der Waals surface area contributed by atoms with Gasteiger partial charge in [-0.2, -0.15) is 0 Å². The van der Waals surface area contributed by atoms with Crippen molar-refractivity contribution in [1.82, 2.24) is 4.90 Å². The van der Waals surface area contributed by atoms with Crippen LogP contribution in [0.2, 0.25) is 0 Å². The van der Waals surface area contributed by atoms with Gasteiger partial charge in [-0.15, -0.1) is 0 Å². The van der Waals surface area contributed by atoms with E-state index in [1.165, 1.54) is 19.3 Å². The number of rotatable bonds is 7. The van der Waals surface area contributed by atoms with Gasteiger partial charge in [0.2, 0.25) is 0 Å². The van der Waals surface area contributed by atoms with E-state index in [0.717, 1.165) is 29.7 Å². The fraction of sp³-hybridized carbons (Fsp3) is 0.500. The fourth-order valence-electron chi connectivity index (χ4n) is 5.91. The Bertz CT molecular complexity index is 881. The van der Waals surface area contributed by atoms with Crippen molar-refractivity contribution in [2.75, 3.05) is 20.6 Å². The predicted octanol–water partition coefficient (Wildman–Crippen LogP) is 4.28. The molecule has 0 saturated heterocycles. The van der Waals surface area contributed by atoms with Gasteiger partial charge in [-0.05, 0) is 68.3 Å². The molecule has 30 heavy (non-hydrogen) atoms. The third-order valence-corrected chi connectivity index (χ3v) is 7.29. The third kappa shape index (κ3) is 4.17. The number of fused-ring (bicyclic) bond motifs is 2. The van der Waals surface area contributed by atoms with Gasteiger partial charge in [0.1, 0.15) is 0 Å². The summed E-state index contributed by atoms with van der Waals surface area (Å²) in [7, 11) is 4.16. The van der Waals surface area contributed by atoms with E-state index in [2.05, 4.69) is 25.1 Å². The second-order valence-electron chi connectivity index (χ2n) is 9.64. The summed E-state index contributed by atoms with van der Waals surface area (Å²) in [4.78, 5) is 14.2. The van der Waals surface area contributed by atoms with Crippen LogP contribution in [0.15, 0.2) is 54.6 Å². The largest absolute Gasteiger partial charge is 0.481 e. The molecule has 4 rings (SSSR count). The maximum absolute atomic E-state index is 12.0. The van der Waals surface area contributed by atoms with Crippen molar-refractivity contribution in [2.24, 2.45) is 17.8 Å². The zero-order valence-electron chi connectivity index (χ0n) is 18.0. The molecule has 0 spiro atoms. The molecule has 0 aliphatic heterocycles. The molecule has 160 valence electrons. The van der Waals surface area contributed by atoms with Crippen molar-refractivity contribution in [3.63, 3.8) is 0 Å². The first-order valence-electron chi connectivity index (χ1n) is 11.1. The van der Waals surface area contributed by atoms with Gasteiger partial charge in [0.05, 0.1) is 11.5 Å². The monoisotopic (exact) mass is 407 g/mol. The van der Waals surface area contributed by atoms with Gasteiger partial charge >= 0.3 is 5.97 Å². The van der Waals surface area contributed by atoms with Crippen molar-refractivity contribution in [1.29, 1.82) is 0 Å².